The van der Waals surface area contributed by atoms with Crippen LogP contribution in [0.3, 0.4) is 0 Å². The number of aliphatic hydroxyl groups is 1. The summed E-state index contributed by atoms with van der Waals surface area (Å²) >= 11 is 3.32. The fourth-order valence-electron chi connectivity index (χ4n) is 0.594. The minimum atomic E-state index is 0.250. The Morgan fingerprint density at radius 2 is 2.08 bits per heavy atom. The van der Waals surface area contributed by atoms with Crippen molar-refractivity contribution in [1.82, 2.24) is 0 Å². The molecule has 0 aromatic heterocycles. The molecule has 0 fully saturated rings. The highest BCUT2D eigenvalue weighted by molar-refractivity contribution is 9.10. The fourth-order valence-corrected chi connectivity index (χ4v) is 0.972. The number of ether oxygens (including phenoxy) is 1. The van der Waals surface area contributed by atoms with Gasteiger partial charge in [-0.3, -0.25) is 0 Å². The van der Waals surface area contributed by atoms with Crippen molar-refractivity contribution in [2.75, 3.05) is 13.7 Å². The molecule has 68 valence electrons. The maximum Gasteiger partial charge on any atom is 0.119 e. The monoisotopic (exact) mass is 232 g/mol. The molecule has 0 saturated heterocycles. The van der Waals surface area contributed by atoms with Crippen molar-refractivity contribution in [3.05, 3.63) is 28.7 Å². The normalized spacial score (nSPS) is 8.33. The quantitative estimate of drug-likeness (QED) is 0.807. The lowest BCUT2D eigenvalue weighted by molar-refractivity contribution is 0.318. The second kappa shape index (κ2) is 7.13. The van der Waals surface area contributed by atoms with Crippen molar-refractivity contribution in [2.45, 2.75) is 6.92 Å². The molecule has 0 bridgehead atoms. The van der Waals surface area contributed by atoms with Crippen LogP contribution >= 0.6 is 15.9 Å². The van der Waals surface area contributed by atoms with Gasteiger partial charge in [-0.15, -0.1) is 0 Å². The van der Waals surface area contributed by atoms with E-state index in [4.69, 9.17) is 9.84 Å². The van der Waals surface area contributed by atoms with Crippen LogP contribution in [0.25, 0.3) is 0 Å². The summed E-state index contributed by atoms with van der Waals surface area (Å²) < 4.78 is 6.01. The Kier molecular flexibility index (Phi) is 6.81. The lowest BCUT2D eigenvalue weighted by Gasteiger charge is -1.96. The van der Waals surface area contributed by atoms with E-state index in [9.17, 15) is 0 Å². The standard InChI is InChI=1S/C7H7BrO.C2H6O/c1-9-7-4-2-3-6(8)5-7;1-2-3/h2-5H,1H3;3H,2H2,1H3. The van der Waals surface area contributed by atoms with Crippen LogP contribution in [0.4, 0.5) is 0 Å². The summed E-state index contributed by atoms with van der Waals surface area (Å²) in [6.45, 7) is 1.93. The summed E-state index contributed by atoms with van der Waals surface area (Å²) in [5.41, 5.74) is 0. The van der Waals surface area contributed by atoms with E-state index in [1.54, 1.807) is 14.0 Å². The Hall–Kier alpha value is -0.540. The number of methoxy groups -OCH3 is 1. The summed E-state index contributed by atoms with van der Waals surface area (Å²) in [6, 6.07) is 7.72. The zero-order valence-electron chi connectivity index (χ0n) is 7.25. The molecule has 0 spiro atoms. The highest BCUT2D eigenvalue weighted by Crippen LogP contribution is 2.16. The van der Waals surface area contributed by atoms with Gasteiger partial charge in [0.05, 0.1) is 7.11 Å². The van der Waals surface area contributed by atoms with E-state index < -0.39 is 0 Å². The van der Waals surface area contributed by atoms with E-state index in [-0.39, 0.29) is 6.61 Å². The van der Waals surface area contributed by atoms with Gasteiger partial charge in [0.1, 0.15) is 5.75 Å². The maximum atomic E-state index is 7.57. The third kappa shape index (κ3) is 5.16. The van der Waals surface area contributed by atoms with Crippen LogP contribution in [0.5, 0.6) is 5.75 Å². The predicted octanol–water partition coefficient (Wildman–Crippen LogP) is 2.46. The molecule has 0 aliphatic heterocycles. The van der Waals surface area contributed by atoms with Crippen molar-refractivity contribution >= 4 is 15.9 Å². The SMILES string of the molecule is CCO.COc1cccc(Br)c1. The summed E-state index contributed by atoms with van der Waals surface area (Å²) in [5, 5.41) is 7.57. The highest BCUT2D eigenvalue weighted by Gasteiger charge is 1.88. The van der Waals surface area contributed by atoms with Crippen molar-refractivity contribution < 1.29 is 9.84 Å². The molecular formula is C9H13BrO2. The van der Waals surface area contributed by atoms with Gasteiger partial charge in [-0.05, 0) is 25.1 Å². The van der Waals surface area contributed by atoms with Crippen LogP contribution in [0, 0.1) is 0 Å². The first-order valence-electron chi connectivity index (χ1n) is 3.65. The first-order valence-corrected chi connectivity index (χ1v) is 4.44. The molecule has 1 aromatic rings. The van der Waals surface area contributed by atoms with Gasteiger partial charge in [-0.25, -0.2) is 0 Å². The molecule has 0 heterocycles. The van der Waals surface area contributed by atoms with Gasteiger partial charge < -0.3 is 9.84 Å². The van der Waals surface area contributed by atoms with E-state index in [0.717, 1.165) is 10.2 Å². The first-order chi connectivity index (χ1) is 5.74. The second-order valence-electron chi connectivity index (χ2n) is 1.98. The Labute approximate surface area is 81.3 Å². The Morgan fingerprint density at radius 1 is 1.50 bits per heavy atom. The van der Waals surface area contributed by atoms with Crippen LogP contribution < -0.4 is 4.74 Å². The summed E-state index contributed by atoms with van der Waals surface area (Å²) in [4.78, 5) is 0. The third-order valence-corrected chi connectivity index (χ3v) is 1.53. The average molecular weight is 233 g/mol. The van der Waals surface area contributed by atoms with E-state index in [0.29, 0.717) is 0 Å². The maximum absolute atomic E-state index is 7.57. The van der Waals surface area contributed by atoms with E-state index in [2.05, 4.69) is 15.9 Å². The molecule has 1 N–H and O–H groups in total. The Morgan fingerprint density at radius 3 is 2.42 bits per heavy atom. The van der Waals surface area contributed by atoms with Gasteiger partial charge >= 0.3 is 0 Å². The molecule has 0 unspecified atom stereocenters. The van der Waals surface area contributed by atoms with Crippen molar-refractivity contribution in [2.24, 2.45) is 0 Å². The molecule has 0 radical (unpaired) electrons. The summed E-state index contributed by atoms with van der Waals surface area (Å²) in [7, 11) is 1.65. The molecule has 0 amide bonds. The van der Waals surface area contributed by atoms with Gasteiger partial charge in [-0.2, -0.15) is 0 Å². The number of rotatable bonds is 1. The molecule has 0 atom stereocenters. The highest BCUT2D eigenvalue weighted by atomic mass is 79.9. The van der Waals surface area contributed by atoms with Gasteiger partial charge in [0, 0.05) is 11.1 Å². The molecule has 2 nitrogen and oxygen atoms in total. The van der Waals surface area contributed by atoms with Gasteiger partial charge in [0.2, 0.25) is 0 Å². The van der Waals surface area contributed by atoms with Crippen LogP contribution in [0.1, 0.15) is 6.92 Å². The fraction of sp³-hybridized carbons (Fsp3) is 0.333. The Balaban J connectivity index is 0.000000354. The topological polar surface area (TPSA) is 29.5 Å². The number of halogens is 1. The minimum absolute atomic E-state index is 0.250. The van der Waals surface area contributed by atoms with Gasteiger partial charge in [0.25, 0.3) is 0 Å². The zero-order chi connectivity index (χ0) is 9.40. The summed E-state index contributed by atoms with van der Waals surface area (Å²) in [5.74, 6) is 0.879. The van der Waals surface area contributed by atoms with Gasteiger partial charge in [0.15, 0.2) is 0 Å². The van der Waals surface area contributed by atoms with Gasteiger partial charge in [-0.1, -0.05) is 22.0 Å². The second-order valence-corrected chi connectivity index (χ2v) is 2.89. The van der Waals surface area contributed by atoms with Crippen molar-refractivity contribution in [3.63, 3.8) is 0 Å². The number of hydrogen-bond donors (Lipinski definition) is 1. The predicted molar refractivity (Wildman–Crippen MR) is 53.5 cm³/mol. The lowest BCUT2D eigenvalue weighted by atomic mass is 10.3. The first kappa shape index (κ1) is 11.5. The zero-order valence-corrected chi connectivity index (χ0v) is 8.84. The molecule has 0 aliphatic carbocycles. The van der Waals surface area contributed by atoms with Crippen molar-refractivity contribution in [1.29, 1.82) is 0 Å². The lowest BCUT2D eigenvalue weighted by Crippen LogP contribution is -1.79. The van der Waals surface area contributed by atoms with Crippen LogP contribution in [-0.4, -0.2) is 18.8 Å². The average Bonchev–Trinajstić information content (AvgIpc) is 2.06. The van der Waals surface area contributed by atoms with Crippen LogP contribution in [0.2, 0.25) is 0 Å². The van der Waals surface area contributed by atoms with E-state index in [1.807, 2.05) is 24.3 Å². The summed E-state index contributed by atoms with van der Waals surface area (Å²) in [6.07, 6.45) is 0. The molecule has 1 rings (SSSR count). The molecule has 0 saturated carbocycles. The molecular weight excluding hydrogens is 220 g/mol. The number of benzene rings is 1. The molecule has 0 aliphatic rings. The smallest absolute Gasteiger partial charge is 0.119 e. The van der Waals surface area contributed by atoms with Crippen molar-refractivity contribution in [3.8, 4) is 5.75 Å². The van der Waals surface area contributed by atoms with E-state index in [1.165, 1.54) is 0 Å². The molecule has 1 aromatic carbocycles. The van der Waals surface area contributed by atoms with Crippen LogP contribution in [-0.2, 0) is 0 Å². The van der Waals surface area contributed by atoms with E-state index >= 15 is 0 Å². The number of hydrogen-bond acceptors (Lipinski definition) is 2. The number of aliphatic hydroxyl groups excluding tert-OH is 1. The van der Waals surface area contributed by atoms with Crippen LogP contribution in [0.15, 0.2) is 28.7 Å². The minimum Gasteiger partial charge on any atom is -0.497 e. The third-order valence-electron chi connectivity index (χ3n) is 1.03. The Bertz CT molecular complexity index is 213. The molecule has 12 heavy (non-hydrogen) atoms. The largest absolute Gasteiger partial charge is 0.497 e. The molecule has 3 heteroatoms.